The molecule has 4 atom stereocenters. The molecule has 5 nitrogen and oxygen atoms in total. The first-order valence-corrected chi connectivity index (χ1v) is 10.5. The van der Waals surface area contributed by atoms with Crippen LogP contribution in [-0.4, -0.2) is 23.5 Å². The second kappa shape index (κ2) is 5.98. The molecule has 2 bridgehead atoms. The Morgan fingerprint density at radius 1 is 1.15 bits per heavy atom. The van der Waals surface area contributed by atoms with E-state index in [1.54, 1.807) is 0 Å². The van der Waals surface area contributed by atoms with Crippen molar-refractivity contribution in [3.63, 3.8) is 0 Å². The van der Waals surface area contributed by atoms with E-state index in [1.165, 1.54) is 12.8 Å². The lowest BCUT2D eigenvalue weighted by atomic mass is 9.51. The molecule has 4 saturated carbocycles. The van der Waals surface area contributed by atoms with Crippen LogP contribution < -0.4 is 16.0 Å². The average molecular weight is 367 g/mol. The second-order valence-electron chi connectivity index (χ2n) is 9.44. The van der Waals surface area contributed by atoms with Crippen LogP contribution in [0.3, 0.4) is 0 Å². The largest absolute Gasteiger partial charge is 0.362 e. The van der Waals surface area contributed by atoms with Crippen LogP contribution in [0.25, 0.3) is 0 Å². The van der Waals surface area contributed by atoms with E-state index in [9.17, 15) is 9.59 Å². The van der Waals surface area contributed by atoms with Gasteiger partial charge in [0.15, 0.2) is 0 Å². The molecule has 0 unspecified atom stereocenters. The molecule has 4 fully saturated rings. The second-order valence-corrected chi connectivity index (χ2v) is 9.44. The highest BCUT2D eigenvalue weighted by Gasteiger charge is 2.60. The van der Waals surface area contributed by atoms with Gasteiger partial charge < -0.3 is 16.0 Å². The summed E-state index contributed by atoms with van der Waals surface area (Å²) in [5.74, 6) is 0.591. The number of carbonyl (C=O) groups is 2. The zero-order chi connectivity index (χ0) is 18.6. The summed E-state index contributed by atoms with van der Waals surface area (Å²) in [4.78, 5) is 25.8. The fourth-order valence-electron chi connectivity index (χ4n) is 6.23. The minimum absolute atomic E-state index is 0.00690. The van der Waals surface area contributed by atoms with Crippen LogP contribution in [0, 0.1) is 17.3 Å². The molecule has 0 aromatic heterocycles. The SMILES string of the molecule is C[C@@]12CC[C@H](C[C@@H]1C(=O)NC1CCCC1)[C@]1(C2)NC(=O)c2ccccc2N1. The van der Waals surface area contributed by atoms with Crippen LogP contribution in [0.2, 0.25) is 0 Å². The van der Waals surface area contributed by atoms with Gasteiger partial charge in [-0.2, -0.15) is 0 Å². The molecule has 4 aliphatic carbocycles. The summed E-state index contributed by atoms with van der Waals surface area (Å²) in [6.45, 7) is 2.25. The highest BCUT2D eigenvalue weighted by molar-refractivity contribution is 6.02. The van der Waals surface area contributed by atoms with E-state index in [4.69, 9.17) is 0 Å². The van der Waals surface area contributed by atoms with Gasteiger partial charge in [-0.25, -0.2) is 0 Å². The third-order valence-electron chi connectivity index (χ3n) is 7.69. The first-order valence-electron chi connectivity index (χ1n) is 10.5. The maximum absolute atomic E-state index is 13.1. The number of benzene rings is 1. The Kier molecular flexibility index (Phi) is 3.78. The number of fused-ring (bicyclic) bond motifs is 3. The molecule has 1 aromatic rings. The van der Waals surface area contributed by atoms with Gasteiger partial charge in [0.25, 0.3) is 5.91 Å². The van der Waals surface area contributed by atoms with Gasteiger partial charge in [-0.05, 0) is 56.1 Å². The van der Waals surface area contributed by atoms with Gasteiger partial charge in [0.2, 0.25) is 5.91 Å². The summed E-state index contributed by atoms with van der Waals surface area (Å²) >= 11 is 0. The molecule has 1 aliphatic heterocycles. The zero-order valence-electron chi connectivity index (χ0n) is 16.0. The van der Waals surface area contributed by atoms with Gasteiger partial charge in [0.1, 0.15) is 5.66 Å². The van der Waals surface area contributed by atoms with Crippen molar-refractivity contribution in [2.45, 2.75) is 70.0 Å². The highest BCUT2D eigenvalue weighted by atomic mass is 16.2. The van der Waals surface area contributed by atoms with Crippen LogP contribution in [-0.2, 0) is 4.79 Å². The third kappa shape index (κ3) is 2.66. The molecule has 3 N–H and O–H groups in total. The Morgan fingerprint density at radius 3 is 2.70 bits per heavy atom. The van der Waals surface area contributed by atoms with Crippen molar-refractivity contribution in [2.75, 3.05) is 5.32 Å². The smallest absolute Gasteiger partial charge is 0.255 e. The number of hydrogen-bond donors (Lipinski definition) is 3. The highest BCUT2D eigenvalue weighted by Crippen LogP contribution is 2.58. The quantitative estimate of drug-likeness (QED) is 0.750. The first kappa shape index (κ1) is 17.1. The Balaban J connectivity index is 1.39. The zero-order valence-corrected chi connectivity index (χ0v) is 16.0. The standard InChI is InChI=1S/C22H29N3O2/c1-21-11-10-14(12-17(21)20(27)23-15-6-2-3-7-15)22(13-21)24-18-9-5-4-8-16(18)19(26)25-22/h4-5,8-9,14-15,17,24H,2-3,6-7,10-13H2,1H3,(H,23,27)(H,25,26)/t14-,17-,21+,22+/m1/s1. The maximum Gasteiger partial charge on any atom is 0.255 e. The molecule has 1 heterocycles. The fourth-order valence-corrected chi connectivity index (χ4v) is 6.23. The molecule has 0 saturated heterocycles. The van der Waals surface area contributed by atoms with Crippen molar-refractivity contribution in [2.24, 2.45) is 17.3 Å². The van der Waals surface area contributed by atoms with Gasteiger partial charge in [0.05, 0.1) is 5.56 Å². The minimum atomic E-state index is -0.414. The van der Waals surface area contributed by atoms with Crippen molar-refractivity contribution >= 4 is 17.5 Å². The predicted octanol–water partition coefficient (Wildman–Crippen LogP) is 3.42. The maximum atomic E-state index is 13.1. The number of anilines is 1. The van der Waals surface area contributed by atoms with E-state index in [0.29, 0.717) is 11.6 Å². The van der Waals surface area contributed by atoms with Crippen LogP contribution in [0.15, 0.2) is 24.3 Å². The Hall–Kier alpha value is -2.04. The van der Waals surface area contributed by atoms with Crippen molar-refractivity contribution < 1.29 is 9.59 Å². The molecular weight excluding hydrogens is 338 g/mol. The van der Waals surface area contributed by atoms with Crippen molar-refractivity contribution in [1.82, 2.24) is 10.6 Å². The van der Waals surface area contributed by atoms with E-state index < -0.39 is 5.66 Å². The average Bonchev–Trinajstić information content (AvgIpc) is 3.14. The Morgan fingerprint density at radius 2 is 1.93 bits per heavy atom. The summed E-state index contributed by atoms with van der Waals surface area (Å²) in [6.07, 6.45) is 8.48. The fraction of sp³-hybridized carbons (Fsp3) is 0.636. The van der Waals surface area contributed by atoms with Crippen LogP contribution in [0.4, 0.5) is 5.69 Å². The van der Waals surface area contributed by atoms with E-state index in [-0.39, 0.29) is 29.1 Å². The number of rotatable bonds is 2. The van der Waals surface area contributed by atoms with E-state index in [1.807, 2.05) is 24.3 Å². The van der Waals surface area contributed by atoms with Gasteiger partial charge in [-0.3, -0.25) is 9.59 Å². The van der Waals surface area contributed by atoms with Crippen molar-refractivity contribution in [3.05, 3.63) is 29.8 Å². The van der Waals surface area contributed by atoms with E-state index in [0.717, 1.165) is 44.2 Å². The predicted molar refractivity (Wildman–Crippen MR) is 104 cm³/mol. The summed E-state index contributed by atoms with van der Waals surface area (Å²) < 4.78 is 0. The summed E-state index contributed by atoms with van der Waals surface area (Å²) in [7, 11) is 0. The van der Waals surface area contributed by atoms with Gasteiger partial charge >= 0.3 is 0 Å². The molecule has 144 valence electrons. The lowest BCUT2D eigenvalue weighted by Crippen LogP contribution is -2.70. The van der Waals surface area contributed by atoms with E-state index >= 15 is 0 Å². The summed E-state index contributed by atoms with van der Waals surface area (Å²) in [5.41, 5.74) is 1.14. The van der Waals surface area contributed by atoms with Gasteiger partial charge in [-0.1, -0.05) is 31.9 Å². The minimum Gasteiger partial charge on any atom is -0.362 e. The molecule has 1 aromatic carbocycles. The summed E-state index contributed by atoms with van der Waals surface area (Å²) in [5, 5.41) is 10.3. The van der Waals surface area contributed by atoms with Crippen LogP contribution in [0.1, 0.15) is 68.6 Å². The lowest BCUT2D eigenvalue weighted by molar-refractivity contribution is -0.140. The van der Waals surface area contributed by atoms with Crippen molar-refractivity contribution in [1.29, 1.82) is 0 Å². The van der Waals surface area contributed by atoms with Crippen LogP contribution >= 0.6 is 0 Å². The Bertz CT molecular complexity index is 788. The molecule has 5 heteroatoms. The molecule has 1 spiro atoms. The molecular formula is C22H29N3O2. The molecule has 27 heavy (non-hydrogen) atoms. The Labute approximate surface area is 160 Å². The summed E-state index contributed by atoms with van der Waals surface area (Å²) in [6, 6.07) is 8.10. The third-order valence-corrected chi connectivity index (χ3v) is 7.69. The van der Waals surface area contributed by atoms with E-state index in [2.05, 4.69) is 22.9 Å². The van der Waals surface area contributed by atoms with Gasteiger partial charge in [0, 0.05) is 23.6 Å². The molecule has 0 radical (unpaired) electrons. The molecule has 5 aliphatic rings. The number of hydrogen-bond acceptors (Lipinski definition) is 3. The topological polar surface area (TPSA) is 70.2 Å². The molecule has 2 amide bonds. The van der Waals surface area contributed by atoms with Crippen LogP contribution in [0.5, 0.6) is 0 Å². The monoisotopic (exact) mass is 367 g/mol. The first-order chi connectivity index (χ1) is 13.0. The number of amides is 2. The number of nitrogens with one attached hydrogen (secondary N) is 3. The normalized spacial score (nSPS) is 37.6. The lowest BCUT2D eigenvalue weighted by Gasteiger charge is -2.60. The molecule has 6 rings (SSSR count). The number of para-hydroxylation sites is 1. The number of carbonyl (C=O) groups excluding carboxylic acids is 2. The van der Waals surface area contributed by atoms with Gasteiger partial charge in [-0.15, -0.1) is 0 Å². The van der Waals surface area contributed by atoms with Crippen molar-refractivity contribution in [3.8, 4) is 0 Å².